The third-order valence-electron chi connectivity index (χ3n) is 5.96. The Hall–Kier alpha value is -3.75. The molecule has 3 N–H and O–H groups in total. The van der Waals surface area contributed by atoms with E-state index in [0.29, 0.717) is 34.3 Å². The van der Waals surface area contributed by atoms with Gasteiger partial charge in [-0.3, -0.25) is 4.79 Å². The fourth-order valence-electron chi connectivity index (χ4n) is 4.03. The van der Waals surface area contributed by atoms with Crippen LogP contribution < -0.4 is 30.3 Å². The first kappa shape index (κ1) is 22.4. The number of nitrogen functional groups attached to an aromatic ring is 1. The number of aromatic nitrogens is 2. The maximum absolute atomic E-state index is 12.7. The number of ether oxygens (including phenoxy) is 2. The molecule has 1 aliphatic rings. The van der Waals surface area contributed by atoms with Crippen LogP contribution in [0, 0.1) is 0 Å². The number of methoxy groups -OCH3 is 2. The Bertz CT molecular complexity index is 1160. The van der Waals surface area contributed by atoms with E-state index >= 15 is 0 Å². The molecular formula is C24H30N6O3. The molecule has 9 heteroatoms. The summed E-state index contributed by atoms with van der Waals surface area (Å²) < 4.78 is 10.8. The van der Waals surface area contributed by atoms with E-state index in [1.165, 1.54) is 0 Å². The average Bonchev–Trinajstić information content (AvgIpc) is 2.83. The standard InChI is InChI=1S/C24H30N6O3/c1-29(2)17-7-5-6-15(12-17)23(31)26-16-8-10-30(11-9-16)24-27-19-14-21(33-4)20(32-3)13-18(19)22(25)28-24/h5-7,12-14,16H,8-11H2,1-4H3,(H,26,31)(H2,25,27,28). The SMILES string of the molecule is COc1cc2nc(N3CCC(NC(=O)c4cccc(N(C)C)c4)CC3)nc(N)c2cc1OC. The van der Waals surface area contributed by atoms with Gasteiger partial charge in [0.2, 0.25) is 5.95 Å². The van der Waals surface area contributed by atoms with Crippen molar-refractivity contribution in [3.63, 3.8) is 0 Å². The van der Waals surface area contributed by atoms with Gasteiger partial charge in [0.05, 0.1) is 19.7 Å². The van der Waals surface area contributed by atoms with Gasteiger partial charge in [0, 0.05) is 55.9 Å². The lowest BCUT2D eigenvalue weighted by Gasteiger charge is -2.32. The number of nitrogens with one attached hydrogen (secondary N) is 1. The van der Waals surface area contributed by atoms with Crippen LogP contribution in [0.25, 0.3) is 10.9 Å². The van der Waals surface area contributed by atoms with Gasteiger partial charge in [-0.2, -0.15) is 4.98 Å². The maximum Gasteiger partial charge on any atom is 0.251 e. The summed E-state index contributed by atoms with van der Waals surface area (Å²) in [4.78, 5) is 26.0. The molecule has 3 aromatic rings. The molecule has 1 saturated heterocycles. The lowest BCUT2D eigenvalue weighted by molar-refractivity contribution is 0.0931. The minimum absolute atomic E-state index is 0.0515. The van der Waals surface area contributed by atoms with Crippen LogP contribution in [-0.2, 0) is 0 Å². The van der Waals surface area contributed by atoms with Gasteiger partial charge in [0.25, 0.3) is 5.91 Å². The molecule has 0 spiro atoms. The van der Waals surface area contributed by atoms with Gasteiger partial charge in [-0.25, -0.2) is 4.98 Å². The molecule has 33 heavy (non-hydrogen) atoms. The number of carbonyl (C=O) groups excluding carboxylic acids is 1. The number of nitrogens with zero attached hydrogens (tertiary/aromatic N) is 4. The Morgan fingerprint density at radius 3 is 2.45 bits per heavy atom. The first-order valence-corrected chi connectivity index (χ1v) is 10.9. The number of anilines is 3. The molecule has 2 aromatic carbocycles. The Balaban J connectivity index is 1.44. The number of piperidine rings is 1. The lowest BCUT2D eigenvalue weighted by Crippen LogP contribution is -2.45. The number of benzene rings is 2. The van der Waals surface area contributed by atoms with Crippen molar-refractivity contribution in [3.8, 4) is 11.5 Å². The normalized spacial score (nSPS) is 14.2. The second kappa shape index (κ2) is 9.40. The van der Waals surface area contributed by atoms with Gasteiger partial charge in [0.15, 0.2) is 11.5 Å². The number of hydrogen-bond acceptors (Lipinski definition) is 8. The van der Waals surface area contributed by atoms with Crippen molar-refractivity contribution in [1.29, 1.82) is 0 Å². The molecule has 1 amide bonds. The van der Waals surface area contributed by atoms with Gasteiger partial charge in [-0.05, 0) is 37.1 Å². The fourth-order valence-corrected chi connectivity index (χ4v) is 4.03. The minimum Gasteiger partial charge on any atom is -0.493 e. The van der Waals surface area contributed by atoms with Crippen molar-refractivity contribution in [2.45, 2.75) is 18.9 Å². The molecular weight excluding hydrogens is 420 g/mol. The van der Waals surface area contributed by atoms with E-state index < -0.39 is 0 Å². The Morgan fingerprint density at radius 2 is 1.79 bits per heavy atom. The summed E-state index contributed by atoms with van der Waals surface area (Å²) in [6, 6.07) is 11.3. The van der Waals surface area contributed by atoms with Crippen LogP contribution in [0.15, 0.2) is 36.4 Å². The highest BCUT2D eigenvalue weighted by Gasteiger charge is 2.24. The smallest absolute Gasteiger partial charge is 0.251 e. The number of fused-ring (bicyclic) bond motifs is 1. The van der Waals surface area contributed by atoms with Crippen molar-refractivity contribution >= 4 is 34.3 Å². The number of nitrogens with two attached hydrogens (primary N) is 1. The average molecular weight is 451 g/mol. The summed E-state index contributed by atoms with van der Waals surface area (Å²) in [7, 11) is 7.09. The zero-order valence-electron chi connectivity index (χ0n) is 19.5. The van der Waals surface area contributed by atoms with Crippen molar-refractivity contribution in [3.05, 3.63) is 42.0 Å². The van der Waals surface area contributed by atoms with E-state index in [9.17, 15) is 4.79 Å². The van der Waals surface area contributed by atoms with Crippen molar-refractivity contribution < 1.29 is 14.3 Å². The van der Waals surface area contributed by atoms with Crippen LogP contribution >= 0.6 is 0 Å². The Morgan fingerprint density at radius 1 is 1.09 bits per heavy atom. The lowest BCUT2D eigenvalue weighted by atomic mass is 10.0. The van der Waals surface area contributed by atoms with Crippen molar-refractivity contribution in [1.82, 2.24) is 15.3 Å². The maximum atomic E-state index is 12.7. The van der Waals surface area contributed by atoms with E-state index in [-0.39, 0.29) is 11.9 Å². The molecule has 174 valence electrons. The predicted octanol–water partition coefficient (Wildman–Crippen LogP) is 2.69. The summed E-state index contributed by atoms with van der Waals surface area (Å²) in [5.74, 6) is 2.10. The van der Waals surface area contributed by atoms with Crippen LogP contribution in [0.1, 0.15) is 23.2 Å². The predicted molar refractivity (Wildman–Crippen MR) is 131 cm³/mol. The number of carbonyl (C=O) groups is 1. The van der Waals surface area contributed by atoms with Crippen molar-refractivity contribution in [2.75, 3.05) is 56.9 Å². The fraction of sp³-hybridized carbons (Fsp3) is 0.375. The molecule has 2 heterocycles. The van der Waals surface area contributed by atoms with Gasteiger partial charge in [0.1, 0.15) is 5.82 Å². The summed E-state index contributed by atoms with van der Waals surface area (Å²) in [5, 5.41) is 3.88. The van der Waals surface area contributed by atoms with Crippen LogP contribution in [0.4, 0.5) is 17.5 Å². The van der Waals surface area contributed by atoms with E-state index in [1.807, 2.05) is 49.3 Å². The van der Waals surface area contributed by atoms with Gasteiger partial charge < -0.3 is 30.3 Å². The summed E-state index contributed by atoms with van der Waals surface area (Å²) in [5.41, 5.74) is 8.60. The van der Waals surface area contributed by atoms with Crippen LogP contribution in [0.3, 0.4) is 0 Å². The van der Waals surface area contributed by atoms with Gasteiger partial charge in [-0.1, -0.05) is 6.07 Å². The third kappa shape index (κ3) is 4.72. The monoisotopic (exact) mass is 450 g/mol. The molecule has 0 radical (unpaired) electrons. The molecule has 0 saturated carbocycles. The highest BCUT2D eigenvalue weighted by molar-refractivity contribution is 5.95. The number of rotatable bonds is 6. The zero-order chi connectivity index (χ0) is 23.5. The zero-order valence-corrected chi connectivity index (χ0v) is 19.5. The molecule has 0 aliphatic carbocycles. The van der Waals surface area contributed by atoms with E-state index in [1.54, 1.807) is 20.3 Å². The van der Waals surface area contributed by atoms with Gasteiger partial charge in [-0.15, -0.1) is 0 Å². The minimum atomic E-state index is -0.0515. The summed E-state index contributed by atoms with van der Waals surface area (Å²) >= 11 is 0. The Labute approximate surface area is 193 Å². The van der Waals surface area contributed by atoms with E-state index in [4.69, 9.17) is 20.2 Å². The second-order valence-electron chi connectivity index (χ2n) is 8.31. The second-order valence-corrected chi connectivity index (χ2v) is 8.31. The summed E-state index contributed by atoms with van der Waals surface area (Å²) in [6.07, 6.45) is 1.60. The molecule has 0 unspecified atom stereocenters. The molecule has 1 aromatic heterocycles. The van der Waals surface area contributed by atoms with Crippen molar-refractivity contribution in [2.24, 2.45) is 0 Å². The largest absolute Gasteiger partial charge is 0.493 e. The van der Waals surface area contributed by atoms with Crippen LogP contribution in [0.5, 0.6) is 11.5 Å². The van der Waals surface area contributed by atoms with Crippen LogP contribution in [0.2, 0.25) is 0 Å². The highest BCUT2D eigenvalue weighted by Crippen LogP contribution is 2.34. The third-order valence-corrected chi connectivity index (χ3v) is 5.96. The first-order valence-electron chi connectivity index (χ1n) is 10.9. The summed E-state index contributed by atoms with van der Waals surface area (Å²) in [6.45, 7) is 1.45. The van der Waals surface area contributed by atoms with Crippen LogP contribution in [-0.4, -0.2) is 63.3 Å². The van der Waals surface area contributed by atoms with Gasteiger partial charge >= 0.3 is 0 Å². The topological polar surface area (TPSA) is 106 Å². The number of amides is 1. The molecule has 1 fully saturated rings. The molecule has 4 rings (SSSR count). The first-order chi connectivity index (χ1) is 15.9. The van der Waals surface area contributed by atoms with E-state index in [0.717, 1.165) is 37.0 Å². The number of hydrogen-bond donors (Lipinski definition) is 2. The Kier molecular flexibility index (Phi) is 6.39. The molecule has 0 atom stereocenters. The molecule has 1 aliphatic heterocycles. The highest BCUT2D eigenvalue weighted by atomic mass is 16.5. The quantitative estimate of drug-likeness (QED) is 0.591. The molecule has 0 bridgehead atoms. The molecule has 9 nitrogen and oxygen atoms in total. The van der Waals surface area contributed by atoms with E-state index in [2.05, 4.69) is 15.2 Å².